The summed E-state index contributed by atoms with van der Waals surface area (Å²) in [6.07, 6.45) is 0. The number of carbonyl (C=O) groups excluding carboxylic acids is 2. The molecule has 0 unspecified atom stereocenters. The molecule has 0 aliphatic rings. The van der Waals surface area contributed by atoms with Crippen molar-refractivity contribution in [2.24, 2.45) is 0 Å². The highest BCUT2D eigenvalue weighted by Crippen LogP contribution is 2.25. The highest BCUT2D eigenvalue weighted by Gasteiger charge is 2.25. The number of nitro benzene ring substituents is 1. The van der Waals surface area contributed by atoms with Crippen LogP contribution in [0.15, 0.2) is 18.2 Å². The number of nitriles is 1. The number of non-ortho nitro benzene ring substituents is 1. The van der Waals surface area contributed by atoms with Crippen LogP contribution in [0.1, 0.15) is 30.9 Å². The SMILES string of the molecule is CC(=O)C(C(C)=O)c1ccc([N+](=O)[O-])cc1C#N. The molecule has 0 bridgehead atoms. The smallest absolute Gasteiger partial charge is 0.270 e. The van der Waals surface area contributed by atoms with E-state index in [1.54, 1.807) is 6.07 Å². The van der Waals surface area contributed by atoms with Crippen molar-refractivity contribution in [1.29, 1.82) is 5.26 Å². The number of Topliss-reactive ketones (excluding diaryl/α,β-unsaturated/α-hetero) is 2. The van der Waals surface area contributed by atoms with Gasteiger partial charge < -0.3 is 0 Å². The fourth-order valence-corrected chi connectivity index (χ4v) is 1.73. The minimum atomic E-state index is -1.04. The zero-order valence-corrected chi connectivity index (χ0v) is 9.84. The molecule has 92 valence electrons. The fourth-order valence-electron chi connectivity index (χ4n) is 1.73. The van der Waals surface area contributed by atoms with Crippen molar-refractivity contribution in [3.8, 4) is 6.07 Å². The van der Waals surface area contributed by atoms with Crippen molar-refractivity contribution in [3.05, 3.63) is 39.4 Å². The third kappa shape index (κ3) is 2.58. The van der Waals surface area contributed by atoms with Crippen LogP contribution in [0.4, 0.5) is 5.69 Å². The molecule has 1 aromatic rings. The Morgan fingerprint density at radius 2 is 1.89 bits per heavy atom. The van der Waals surface area contributed by atoms with E-state index < -0.39 is 22.4 Å². The molecule has 0 amide bonds. The maximum Gasteiger partial charge on any atom is 0.270 e. The second-order valence-corrected chi connectivity index (χ2v) is 3.79. The highest BCUT2D eigenvalue weighted by molar-refractivity contribution is 6.06. The van der Waals surface area contributed by atoms with Gasteiger partial charge in [0.25, 0.3) is 5.69 Å². The molecule has 1 rings (SSSR count). The normalized spacial score (nSPS) is 9.89. The number of rotatable bonds is 4. The Bertz CT molecular complexity index is 558. The molecule has 0 fully saturated rings. The lowest BCUT2D eigenvalue weighted by molar-refractivity contribution is -0.384. The average Bonchev–Trinajstić information content (AvgIpc) is 2.28. The van der Waals surface area contributed by atoms with Gasteiger partial charge in [0.15, 0.2) is 0 Å². The van der Waals surface area contributed by atoms with Crippen LogP contribution in [0.3, 0.4) is 0 Å². The molecular formula is C12H10N2O4. The van der Waals surface area contributed by atoms with Gasteiger partial charge in [0, 0.05) is 12.1 Å². The number of ketones is 2. The number of carbonyl (C=O) groups is 2. The summed E-state index contributed by atoms with van der Waals surface area (Å²) >= 11 is 0. The minimum absolute atomic E-state index is 0.0281. The zero-order chi connectivity index (χ0) is 13.9. The van der Waals surface area contributed by atoms with Crippen LogP contribution < -0.4 is 0 Å². The Morgan fingerprint density at radius 3 is 2.28 bits per heavy atom. The van der Waals surface area contributed by atoms with Crippen molar-refractivity contribution >= 4 is 17.3 Å². The number of benzene rings is 1. The number of hydrogen-bond acceptors (Lipinski definition) is 5. The molecule has 0 aromatic heterocycles. The molecule has 6 heteroatoms. The second-order valence-electron chi connectivity index (χ2n) is 3.79. The molecule has 0 spiro atoms. The fraction of sp³-hybridized carbons (Fsp3) is 0.250. The first-order valence-electron chi connectivity index (χ1n) is 5.07. The lowest BCUT2D eigenvalue weighted by atomic mass is 9.88. The third-order valence-electron chi connectivity index (χ3n) is 2.49. The van der Waals surface area contributed by atoms with E-state index in [1.165, 1.54) is 26.0 Å². The van der Waals surface area contributed by atoms with Crippen LogP contribution in [0, 0.1) is 21.4 Å². The summed E-state index contributed by atoms with van der Waals surface area (Å²) < 4.78 is 0. The monoisotopic (exact) mass is 246 g/mol. The highest BCUT2D eigenvalue weighted by atomic mass is 16.6. The summed E-state index contributed by atoms with van der Waals surface area (Å²) in [4.78, 5) is 32.8. The van der Waals surface area contributed by atoms with Crippen LogP contribution in [-0.4, -0.2) is 16.5 Å². The van der Waals surface area contributed by atoms with Gasteiger partial charge in [-0.2, -0.15) is 5.26 Å². The maximum absolute atomic E-state index is 11.4. The zero-order valence-electron chi connectivity index (χ0n) is 9.84. The topological polar surface area (TPSA) is 101 Å². The van der Waals surface area contributed by atoms with Gasteiger partial charge in [0.2, 0.25) is 0 Å². The van der Waals surface area contributed by atoms with Gasteiger partial charge in [-0.1, -0.05) is 0 Å². The first-order chi connectivity index (χ1) is 8.38. The van der Waals surface area contributed by atoms with Gasteiger partial charge in [-0.05, 0) is 25.5 Å². The van der Waals surface area contributed by atoms with E-state index in [1.807, 2.05) is 0 Å². The minimum Gasteiger partial charge on any atom is -0.299 e. The van der Waals surface area contributed by atoms with Crippen molar-refractivity contribution < 1.29 is 14.5 Å². The molecule has 18 heavy (non-hydrogen) atoms. The molecule has 0 radical (unpaired) electrons. The van der Waals surface area contributed by atoms with Crippen molar-refractivity contribution in [2.75, 3.05) is 0 Å². The molecule has 0 heterocycles. The predicted octanol–water partition coefficient (Wildman–Crippen LogP) is 1.73. The first kappa shape index (κ1) is 13.5. The Morgan fingerprint density at radius 1 is 1.33 bits per heavy atom. The van der Waals surface area contributed by atoms with Gasteiger partial charge in [0.05, 0.1) is 16.6 Å². The van der Waals surface area contributed by atoms with Gasteiger partial charge in [-0.25, -0.2) is 0 Å². The summed E-state index contributed by atoms with van der Waals surface area (Å²) in [5.74, 6) is -1.83. The van der Waals surface area contributed by atoms with Crippen molar-refractivity contribution in [3.63, 3.8) is 0 Å². The molecule has 0 saturated carbocycles. The van der Waals surface area contributed by atoms with E-state index in [9.17, 15) is 19.7 Å². The second kappa shape index (κ2) is 5.19. The summed E-state index contributed by atoms with van der Waals surface area (Å²) in [6.45, 7) is 2.49. The largest absolute Gasteiger partial charge is 0.299 e. The summed E-state index contributed by atoms with van der Waals surface area (Å²) in [6, 6.07) is 5.29. The maximum atomic E-state index is 11.4. The number of hydrogen-bond donors (Lipinski definition) is 0. The molecule has 0 saturated heterocycles. The Balaban J connectivity index is 3.41. The standard InChI is InChI=1S/C12H10N2O4/c1-7(15)12(8(2)16)11-4-3-10(14(17)18)5-9(11)6-13/h3-5,12H,1-2H3. The molecular weight excluding hydrogens is 236 g/mol. The first-order valence-corrected chi connectivity index (χ1v) is 5.07. The number of nitrogens with zero attached hydrogens (tertiary/aromatic N) is 2. The quantitative estimate of drug-likeness (QED) is 0.457. The van der Waals surface area contributed by atoms with Crippen LogP contribution in [-0.2, 0) is 9.59 Å². The van der Waals surface area contributed by atoms with Crippen LogP contribution in [0.5, 0.6) is 0 Å². The van der Waals surface area contributed by atoms with E-state index in [2.05, 4.69) is 0 Å². The van der Waals surface area contributed by atoms with Gasteiger partial charge in [-0.15, -0.1) is 0 Å². The predicted molar refractivity (Wildman–Crippen MR) is 61.9 cm³/mol. The van der Waals surface area contributed by atoms with E-state index in [0.29, 0.717) is 0 Å². The van der Waals surface area contributed by atoms with Gasteiger partial charge in [0.1, 0.15) is 17.5 Å². The van der Waals surface area contributed by atoms with Gasteiger partial charge in [-0.3, -0.25) is 19.7 Å². The summed E-state index contributed by atoms with van der Waals surface area (Å²) in [7, 11) is 0. The van der Waals surface area contributed by atoms with Gasteiger partial charge >= 0.3 is 0 Å². The van der Waals surface area contributed by atoms with E-state index in [-0.39, 0.29) is 16.8 Å². The Hall–Kier alpha value is -2.55. The third-order valence-corrected chi connectivity index (χ3v) is 2.49. The van der Waals surface area contributed by atoms with Crippen molar-refractivity contribution in [1.82, 2.24) is 0 Å². The average molecular weight is 246 g/mol. The Labute approximate surface area is 103 Å². The molecule has 0 atom stereocenters. The lowest BCUT2D eigenvalue weighted by Crippen LogP contribution is -2.18. The van der Waals surface area contributed by atoms with Crippen LogP contribution >= 0.6 is 0 Å². The molecule has 6 nitrogen and oxygen atoms in total. The summed E-state index contributed by atoms with van der Waals surface area (Å²) in [5, 5.41) is 19.5. The number of nitro groups is 1. The van der Waals surface area contributed by atoms with Crippen LogP contribution in [0.25, 0.3) is 0 Å². The molecule has 1 aromatic carbocycles. The Kier molecular flexibility index (Phi) is 3.89. The van der Waals surface area contributed by atoms with E-state index in [4.69, 9.17) is 5.26 Å². The molecule has 0 aliphatic carbocycles. The van der Waals surface area contributed by atoms with Crippen LogP contribution in [0.2, 0.25) is 0 Å². The van der Waals surface area contributed by atoms with E-state index >= 15 is 0 Å². The van der Waals surface area contributed by atoms with E-state index in [0.717, 1.165) is 6.07 Å². The lowest BCUT2D eigenvalue weighted by Gasteiger charge is -2.11. The van der Waals surface area contributed by atoms with Crippen molar-refractivity contribution in [2.45, 2.75) is 19.8 Å². The molecule has 0 N–H and O–H groups in total. The summed E-state index contributed by atoms with van der Waals surface area (Å²) in [5.41, 5.74) is -0.0659. The molecule has 0 aliphatic heterocycles.